The number of phosphoric ester groups is 2. The monoisotopic (exact) mass is 576 g/mol. The van der Waals surface area contributed by atoms with Gasteiger partial charge in [-0.15, -0.1) is 0 Å². The molecule has 0 aliphatic carbocycles. The highest BCUT2D eigenvalue weighted by Crippen LogP contribution is 2.58. The van der Waals surface area contributed by atoms with Gasteiger partial charge in [-0.05, 0) is 20.3 Å². The third kappa shape index (κ3) is 8.27. The van der Waals surface area contributed by atoms with E-state index in [2.05, 4.69) is 0 Å². The fourth-order valence-corrected chi connectivity index (χ4v) is 7.66. The Morgan fingerprint density at radius 2 is 1.31 bits per heavy atom. The van der Waals surface area contributed by atoms with Gasteiger partial charge in [0, 0.05) is 16.2 Å². The van der Waals surface area contributed by atoms with Crippen molar-refractivity contribution in [2.24, 2.45) is 21.7 Å². The minimum Gasteiger partial charge on any atom is -0.370 e. The van der Waals surface area contributed by atoms with E-state index in [9.17, 15) is 13.9 Å². The first-order valence-corrected chi connectivity index (χ1v) is 15.9. The molecular formula is C21H39O12P3. The van der Waals surface area contributed by atoms with Crippen molar-refractivity contribution < 1.29 is 54.6 Å². The summed E-state index contributed by atoms with van der Waals surface area (Å²) in [5.74, 6) is -0.683. The molecule has 2 unspecified atom stereocenters. The Morgan fingerprint density at radius 1 is 0.806 bits per heavy atom. The van der Waals surface area contributed by atoms with E-state index in [0.29, 0.717) is 19.6 Å². The molecule has 210 valence electrons. The zero-order valence-corrected chi connectivity index (χ0v) is 24.8. The molecule has 2 atom stereocenters. The standard InChI is InChI=1S/C21H39O12P3/c1-8-21(14-27-34-25-9-18(2,3)10-26-34,15-31-35(23)28-11-19(4,5)12-29-35)16-32-36(24)30-13-20(6,7)17(22)33-36/h8-16H2,1-7H3. The minimum atomic E-state index is -4.17. The number of phosphoric acid groups is 2. The summed E-state index contributed by atoms with van der Waals surface area (Å²) in [6, 6.07) is 0. The Labute approximate surface area is 214 Å². The quantitative estimate of drug-likeness (QED) is 0.299. The average molecular weight is 576 g/mol. The number of rotatable bonds is 10. The van der Waals surface area contributed by atoms with Gasteiger partial charge in [0.15, 0.2) is 0 Å². The van der Waals surface area contributed by atoms with Crippen molar-refractivity contribution in [3.8, 4) is 0 Å². The summed E-state index contributed by atoms with van der Waals surface area (Å²) in [5, 5.41) is 0. The number of carbonyl (C=O) groups excluding carboxylic acids is 1. The fourth-order valence-electron chi connectivity index (χ4n) is 2.94. The molecule has 3 heterocycles. The van der Waals surface area contributed by atoms with Crippen LogP contribution >= 0.6 is 24.2 Å². The van der Waals surface area contributed by atoms with Crippen LogP contribution in [0.4, 0.5) is 0 Å². The molecule has 0 aromatic rings. The molecule has 36 heavy (non-hydrogen) atoms. The molecule has 3 saturated heterocycles. The second-order valence-corrected chi connectivity index (χ2v) is 16.2. The van der Waals surface area contributed by atoms with E-state index >= 15 is 0 Å². The second kappa shape index (κ2) is 11.3. The highest BCUT2D eigenvalue weighted by molar-refractivity contribution is 7.49. The molecule has 0 spiro atoms. The Morgan fingerprint density at radius 3 is 1.83 bits per heavy atom. The van der Waals surface area contributed by atoms with Crippen LogP contribution in [-0.4, -0.2) is 58.8 Å². The number of carbonyl (C=O) groups is 1. The fraction of sp³-hybridized carbons (Fsp3) is 0.952. The highest BCUT2D eigenvalue weighted by Gasteiger charge is 2.48. The summed E-state index contributed by atoms with van der Waals surface area (Å²) in [6.07, 6.45) is 0.382. The molecule has 3 aliphatic rings. The van der Waals surface area contributed by atoms with Crippen LogP contribution in [0, 0.1) is 21.7 Å². The first-order chi connectivity index (χ1) is 16.5. The molecule has 0 bridgehead atoms. The van der Waals surface area contributed by atoms with Gasteiger partial charge < -0.3 is 18.1 Å². The summed E-state index contributed by atoms with van der Waals surface area (Å²) in [4.78, 5) is 12.2. The lowest BCUT2D eigenvalue weighted by Crippen LogP contribution is -2.39. The van der Waals surface area contributed by atoms with E-state index in [1.165, 1.54) is 0 Å². The topological polar surface area (TPSA) is 134 Å². The number of hydrogen-bond donors (Lipinski definition) is 0. The Bertz CT molecular complexity index is 867. The maximum atomic E-state index is 13.0. The van der Waals surface area contributed by atoms with E-state index in [0.717, 1.165) is 0 Å². The third-order valence-corrected chi connectivity index (χ3v) is 9.60. The van der Waals surface area contributed by atoms with Crippen molar-refractivity contribution >= 4 is 30.2 Å². The van der Waals surface area contributed by atoms with Crippen LogP contribution in [0.1, 0.15) is 54.9 Å². The van der Waals surface area contributed by atoms with Gasteiger partial charge in [0.25, 0.3) is 0 Å². The summed E-state index contributed by atoms with van der Waals surface area (Å²) in [5.41, 5.74) is -2.37. The lowest BCUT2D eigenvalue weighted by Gasteiger charge is -2.38. The van der Waals surface area contributed by atoms with Gasteiger partial charge in [0.05, 0.1) is 58.3 Å². The maximum Gasteiger partial charge on any atom is 0.532 e. The van der Waals surface area contributed by atoms with Gasteiger partial charge in [-0.25, -0.2) is 9.13 Å². The Kier molecular flexibility index (Phi) is 9.57. The van der Waals surface area contributed by atoms with Crippen LogP contribution in [0.3, 0.4) is 0 Å². The zero-order chi connectivity index (χ0) is 26.9. The molecule has 15 heteroatoms. The molecule has 12 nitrogen and oxygen atoms in total. The summed E-state index contributed by atoms with van der Waals surface area (Å²) >= 11 is 0. The van der Waals surface area contributed by atoms with E-state index in [1.807, 2.05) is 34.6 Å². The zero-order valence-electron chi connectivity index (χ0n) is 22.1. The SMILES string of the molecule is CCC(COP1OCC(C)(C)CO1)(COP1(=O)OCC(C)(C)CO1)COP1(=O)OCC(C)(C)C(=O)O1. The van der Waals surface area contributed by atoms with Crippen molar-refractivity contribution in [3.63, 3.8) is 0 Å². The summed E-state index contributed by atoms with van der Waals surface area (Å²) in [6.45, 7) is 13.7. The molecule has 0 saturated carbocycles. The molecule has 3 aliphatic heterocycles. The largest absolute Gasteiger partial charge is 0.532 e. The predicted octanol–water partition coefficient (Wildman–Crippen LogP) is 5.62. The molecule has 0 N–H and O–H groups in total. The number of hydrogen-bond acceptors (Lipinski definition) is 12. The van der Waals surface area contributed by atoms with Gasteiger partial charge in [-0.1, -0.05) is 34.6 Å². The smallest absolute Gasteiger partial charge is 0.370 e. The van der Waals surface area contributed by atoms with E-state index < -0.39 is 41.0 Å². The molecule has 0 radical (unpaired) electrons. The van der Waals surface area contributed by atoms with E-state index in [1.54, 1.807) is 13.8 Å². The average Bonchev–Trinajstić information content (AvgIpc) is 2.80. The Hall–Kier alpha value is 0.0400. The lowest BCUT2D eigenvalue weighted by atomic mass is 9.88. The van der Waals surface area contributed by atoms with Crippen molar-refractivity contribution in [3.05, 3.63) is 0 Å². The molecular weight excluding hydrogens is 537 g/mol. The Balaban J connectivity index is 1.68. The lowest BCUT2D eigenvalue weighted by molar-refractivity contribution is -0.154. The van der Waals surface area contributed by atoms with Crippen molar-refractivity contribution in [2.75, 3.05) is 52.9 Å². The van der Waals surface area contributed by atoms with Crippen LogP contribution in [-0.2, 0) is 54.6 Å². The van der Waals surface area contributed by atoms with Gasteiger partial charge in [-0.3, -0.25) is 27.4 Å². The second-order valence-electron chi connectivity index (χ2n) is 11.8. The maximum absolute atomic E-state index is 13.0. The molecule has 3 fully saturated rings. The van der Waals surface area contributed by atoms with E-state index in [-0.39, 0.29) is 50.5 Å². The third-order valence-electron chi connectivity index (χ3n) is 5.96. The first kappa shape index (κ1) is 30.6. The first-order valence-electron chi connectivity index (χ1n) is 11.9. The molecule has 3 rings (SSSR count). The van der Waals surface area contributed by atoms with Gasteiger partial charge in [-0.2, -0.15) is 0 Å². The van der Waals surface area contributed by atoms with Crippen LogP contribution in [0.15, 0.2) is 0 Å². The molecule has 0 amide bonds. The van der Waals surface area contributed by atoms with Crippen molar-refractivity contribution in [1.29, 1.82) is 0 Å². The summed E-state index contributed by atoms with van der Waals surface area (Å²) < 4.78 is 75.7. The van der Waals surface area contributed by atoms with Crippen LogP contribution < -0.4 is 0 Å². The van der Waals surface area contributed by atoms with E-state index in [4.69, 9.17) is 40.7 Å². The predicted molar refractivity (Wildman–Crippen MR) is 130 cm³/mol. The molecule has 0 aromatic heterocycles. The van der Waals surface area contributed by atoms with Gasteiger partial charge in [0.1, 0.15) is 0 Å². The minimum absolute atomic E-state index is 0.0133. The molecule has 0 aromatic carbocycles. The van der Waals surface area contributed by atoms with Crippen molar-refractivity contribution in [1.82, 2.24) is 0 Å². The highest BCUT2D eigenvalue weighted by atomic mass is 31.2. The normalized spacial score (nSPS) is 31.4. The van der Waals surface area contributed by atoms with Crippen LogP contribution in [0.2, 0.25) is 0 Å². The van der Waals surface area contributed by atoms with Gasteiger partial charge in [0.2, 0.25) is 0 Å². The van der Waals surface area contributed by atoms with Gasteiger partial charge >= 0.3 is 30.2 Å². The van der Waals surface area contributed by atoms with Crippen LogP contribution in [0.25, 0.3) is 0 Å². The van der Waals surface area contributed by atoms with Crippen molar-refractivity contribution in [2.45, 2.75) is 54.9 Å². The van der Waals surface area contributed by atoms with Crippen LogP contribution in [0.5, 0.6) is 0 Å². The summed E-state index contributed by atoms with van der Waals surface area (Å²) in [7, 11) is -9.64.